The molecule has 0 aliphatic carbocycles. The van der Waals surface area contributed by atoms with Gasteiger partial charge in [0.15, 0.2) is 5.13 Å². The molecule has 0 amide bonds. The quantitative estimate of drug-likeness (QED) is 0.654. The molecular weight excluding hydrogens is 378 g/mol. The maximum Gasteiger partial charge on any atom is 0.186 e. The zero-order chi connectivity index (χ0) is 18.8. The third-order valence-corrected chi connectivity index (χ3v) is 6.85. The van der Waals surface area contributed by atoms with Crippen LogP contribution < -0.4 is 9.64 Å². The highest BCUT2D eigenvalue weighted by atomic mass is 32.1. The predicted molar refractivity (Wildman–Crippen MR) is 111 cm³/mol. The SMILES string of the molecule is COc1ccncc1Cc1nc(-c2sc(N3CCN(C)CC3)nc2C)cs1. The minimum absolute atomic E-state index is 0.727. The van der Waals surface area contributed by atoms with Crippen LogP contribution in [0.1, 0.15) is 16.3 Å². The molecule has 0 atom stereocenters. The van der Waals surface area contributed by atoms with Gasteiger partial charge in [-0.25, -0.2) is 9.97 Å². The lowest BCUT2D eigenvalue weighted by Gasteiger charge is -2.32. The van der Waals surface area contributed by atoms with E-state index in [2.05, 4.69) is 34.1 Å². The summed E-state index contributed by atoms with van der Waals surface area (Å²) in [6.07, 6.45) is 4.32. The van der Waals surface area contributed by atoms with Crippen LogP contribution in [0.2, 0.25) is 0 Å². The van der Waals surface area contributed by atoms with E-state index in [4.69, 9.17) is 14.7 Å². The van der Waals surface area contributed by atoms with Gasteiger partial charge in [-0.2, -0.15) is 0 Å². The van der Waals surface area contributed by atoms with Gasteiger partial charge >= 0.3 is 0 Å². The van der Waals surface area contributed by atoms with Crippen LogP contribution in [0.3, 0.4) is 0 Å². The average Bonchev–Trinajstić information content (AvgIpc) is 3.29. The lowest BCUT2D eigenvalue weighted by Crippen LogP contribution is -2.44. The second-order valence-electron chi connectivity index (χ2n) is 6.69. The third-order valence-electron chi connectivity index (χ3n) is 4.76. The molecule has 0 radical (unpaired) electrons. The van der Waals surface area contributed by atoms with Crippen molar-refractivity contribution >= 4 is 27.8 Å². The van der Waals surface area contributed by atoms with E-state index in [1.54, 1.807) is 36.0 Å². The van der Waals surface area contributed by atoms with Crippen LogP contribution in [0.4, 0.5) is 5.13 Å². The van der Waals surface area contributed by atoms with E-state index in [0.29, 0.717) is 0 Å². The first kappa shape index (κ1) is 18.3. The lowest BCUT2D eigenvalue weighted by atomic mass is 10.2. The van der Waals surface area contributed by atoms with Crippen molar-refractivity contribution in [2.24, 2.45) is 0 Å². The van der Waals surface area contributed by atoms with Crippen LogP contribution in [0, 0.1) is 6.92 Å². The van der Waals surface area contributed by atoms with E-state index < -0.39 is 0 Å². The van der Waals surface area contributed by atoms with Gasteiger partial charge in [-0.3, -0.25) is 4.98 Å². The van der Waals surface area contributed by atoms with Gasteiger partial charge in [-0.05, 0) is 20.0 Å². The van der Waals surface area contributed by atoms with Crippen molar-refractivity contribution in [2.75, 3.05) is 45.2 Å². The zero-order valence-corrected chi connectivity index (χ0v) is 17.4. The molecule has 0 saturated carbocycles. The third kappa shape index (κ3) is 3.97. The number of thiazole rings is 2. The molecule has 1 aliphatic rings. The number of likely N-dealkylation sites (N-methyl/N-ethyl adjacent to an activating group) is 1. The summed E-state index contributed by atoms with van der Waals surface area (Å²) in [4.78, 5) is 19.8. The van der Waals surface area contributed by atoms with Crippen LogP contribution in [-0.4, -0.2) is 60.2 Å². The standard InChI is InChI=1S/C19H23N5OS2/c1-13-18(27-19(21-13)24-8-6-23(2)7-9-24)15-12-26-17(22-15)10-14-11-20-5-4-16(14)25-3/h4-5,11-12H,6-10H2,1-3H3. The number of pyridine rings is 1. The summed E-state index contributed by atoms with van der Waals surface area (Å²) in [7, 11) is 3.86. The lowest BCUT2D eigenvalue weighted by molar-refractivity contribution is 0.312. The van der Waals surface area contributed by atoms with Gasteiger partial charge in [-0.1, -0.05) is 11.3 Å². The van der Waals surface area contributed by atoms with Crippen molar-refractivity contribution < 1.29 is 4.74 Å². The summed E-state index contributed by atoms with van der Waals surface area (Å²) in [5.74, 6) is 0.855. The Hall–Kier alpha value is -2.03. The maximum absolute atomic E-state index is 5.43. The van der Waals surface area contributed by atoms with Gasteiger partial charge in [0.05, 0.1) is 28.4 Å². The molecule has 6 nitrogen and oxygen atoms in total. The molecule has 0 aromatic carbocycles. The van der Waals surface area contributed by atoms with E-state index in [9.17, 15) is 0 Å². The van der Waals surface area contributed by atoms with Crippen LogP contribution in [-0.2, 0) is 6.42 Å². The highest BCUT2D eigenvalue weighted by Crippen LogP contribution is 2.36. The Labute approximate surface area is 167 Å². The van der Waals surface area contributed by atoms with Crippen LogP contribution in [0.15, 0.2) is 23.8 Å². The normalized spacial score (nSPS) is 15.3. The fourth-order valence-electron chi connectivity index (χ4n) is 3.16. The Morgan fingerprint density at radius 1 is 1.19 bits per heavy atom. The number of hydrogen-bond acceptors (Lipinski definition) is 8. The fraction of sp³-hybridized carbons (Fsp3) is 0.421. The maximum atomic E-state index is 5.43. The number of piperazine rings is 1. The van der Waals surface area contributed by atoms with Crippen molar-refractivity contribution in [3.05, 3.63) is 40.1 Å². The molecule has 4 heterocycles. The number of aryl methyl sites for hydroxylation is 1. The van der Waals surface area contributed by atoms with Crippen LogP contribution >= 0.6 is 22.7 Å². The van der Waals surface area contributed by atoms with E-state index in [-0.39, 0.29) is 0 Å². The average molecular weight is 402 g/mol. The number of hydrogen-bond donors (Lipinski definition) is 0. The van der Waals surface area contributed by atoms with Crippen molar-refractivity contribution in [3.8, 4) is 16.3 Å². The molecule has 0 unspecified atom stereocenters. The first-order valence-corrected chi connectivity index (χ1v) is 10.7. The van der Waals surface area contributed by atoms with Crippen LogP contribution in [0.5, 0.6) is 5.75 Å². The van der Waals surface area contributed by atoms with Gasteiger partial charge in [0.25, 0.3) is 0 Å². The molecule has 0 N–H and O–H groups in total. The molecule has 27 heavy (non-hydrogen) atoms. The summed E-state index contributed by atoms with van der Waals surface area (Å²) in [6, 6.07) is 1.89. The topological polar surface area (TPSA) is 54.4 Å². The number of methoxy groups -OCH3 is 1. The van der Waals surface area contributed by atoms with Crippen molar-refractivity contribution in [1.82, 2.24) is 19.9 Å². The zero-order valence-electron chi connectivity index (χ0n) is 15.8. The number of aromatic nitrogens is 3. The number of ether oxygens (including phenoxy) is 1. The Balaban J connectivity index is 1.53. The first-order valence-electron chi connectivity index (χ1n) is 8.96. The van der Waals surface area contributed by atoms with E-state index in [0.717, 1.165) is 65.4 Å². The van der Waals surface area contributed by atoms with Crippen LogP contribution in [0.25, 0.3) is 10.6 Å². The van der Waals surface area contributed by atoms with E-state index in [1.807, 2.05) is 12.3 Å². The van der Waals surface area contributed by atoms with Gasteiger partial charge in [-0.15, -0.1) is 11.3 Å². The summed E-state index contributed by atoms with van der Waals surface area (Å²) in [5.41, 5.74) is 3.14. The summed E-state index contributed by atoms with van der Waals surface area (Å²) >= 11 is 3.43. The molecule has 1 fully saturated rings. The largest absolute Gasteiger partial charge is 0.496 e. The van der Waals surface area contributed by atoms with Crippen molar-refractivity contribution in [1.29, 1.82) is 0 Å². The van der Waals surface area contributed by atoms with E-state index in [1.165, 1.54) is 4.88 Å². The van der Waals surface area contributed by atoms with Gasteiger partial charge in [0.2, 0.25) is 0 Å². The molecule has 0 bridgehead atoms. The van der Waals surface area contributed by atoms with E-state index >= 15 is 0 Å². The number of anilines is 1. The van der Waals surface area contributed by atoms with Gasteiger partial charge < -0.3 is 14.5 Å². The first-order chi connectivity index (χ1) is 13.1. The molecular formula is C19H23N5OS2. The summed E-state index contributed by atoms with van der Waals surface area (Å²) in [6.45, 7) is 6.32. The molecule has 3 aromatic rings. The minimum Gasteiger partial charge on any atom is -0.496 e. The number of rotatable bonds is 5. The Morgan fingerprint density at radius 3 is 2.78 bits per heavy atom. The second kappa shape index (κ2) is 7.92. The molecule has 3 aromatic heterocycles. The van der Waals surface area contributed by atoms with Crippen molar-refractivity contribution in [2.45, 2.75) is 13.3 Å². The Morgan fingerprint density at radius 2 is 2.00 bits per heavy atom. The predicted octanol–water partition coefficient (Wildman–Crippen LogP) is 3.32. The Kier molecular flexibility index (Phi) is 5.38. The highest BCUT2D eigenvalue weighted by Gasteiger charge is 2.20. The van der Waals surface area contributed by atoms with Crippen molar-refractivity contribution in [3.63, 3.8) is 0 Å². The molecule has 4 rings (SSSR count). The van der Waals surface area contributed by atoms with Gasteiger partial charge in [0, 0.05) is 55.9 Å². The minimum atomic E-state index is 0.727. The highest BCUT2D eigenvalue weighted by molar-refractivity contribution is 7.19. The second-order valence-corrected chi connectivity index (χ2v) is 8.61. The van der Waals surface area contributed by atoms with Gasteiger partial charge in [0.1, 0.15) is 5.75 Å². The summed E-state index contributed by atoms with van der Waals surface area (Å²) in [5, 5.41) is 4.30. The monoisotopic (exact) mass is 401 g/mol. The molecule has 1 aliphatic heterocycles. The fourth-order valence-corrected chi connectivity index (χ4v) is 5.12. The molecule has 0 spiro atoms. The smallest absolute Gasteiger partial charge is 0.186 e. The molecule has 1 saturated heterocycles. The molecule has 142 valence electrons. The number of nitrogens with zero attached hydrogens (tertiary/aromatic N) is 5. The molecule has 8 heteroatoms. The Bertz CT molecular complexity index is 914. The summed E-state index contributed by atoms with van der Waals surface area (Å²) < 4.78 is 5.43.